The summed E-state index contributed by atoms with van der Waals surface area (Å²) in [5.74, 6) is 2.55. The molecule has 0 atom stereocenters. The number of furan rings is 1. The molecule has 0 unspecified atom stereocenters. The van der Waals surface area contributed by atoms with Gasteiger partial charge in [-0.2, -0.15) is 0 Å². The summed E-state index contributed by atoms with van der Waals surface area (Å²) in [5, 5.41) is 10.4. The third-order valence-corrected chi connectivity index (χ3v) is 3.99. The Morgan fingerprint density at radius 1 is 0.929 bits per heavy atom. The monoisotopic (exact) mass is 375 g/mol. The van der Waals surface area contributed by atoms with Gasteiger partial charge in [0.15, 0.2) is 0 Å². The second kappa shape index (κ2) is 7.40. The van der Waals surface area contributed by atoms with Crippen LogP contribution >= 0.6 is 0 Å². The first kappa shape index (κ1) is 17.5. The first-order chi connectivity index (χ1) is 13.6. The van der Waals surface area contributed by atoms with E-state index in [1.165, 1.54) is 0 Å². The minimum Gasteiger partial charge on any atom is -0.466 e. The highest BCUT2D eigenvalue weighted by Crippen LogP contribution is 2.27. The Labute approximate surface area is 161 Å². The lowest BCUT2D eigenvalue weighted by Crippen LogP contribution is -2.12. The van der Waals surface area contributed by atoms with Crippen LogP contribution in [-0.2, 0) is 0 Å². The van der Waals surface area contributed by atoms with Crippen LogP contribution in [0, 0.1) is 13.8 Å². The van der Waals surface area contributed by atoms with Gasteiger partial charge in [-0.1, -0.05) is 29.4 Å². The van der Waals surface area contributed by atoms with Crippen LogP contribution in [0.3, 0.4) is 0 Å². The van der Waals surface area contributed by atoms with Crippen LogP contribution in [0.5, 0.6) is 11.5 Å². The van der Waals surface area contributed by atoms with Gasteiger partial charge in [0, 0.05) is 5.56 Å². The van der Waals surface area contributed by atoms with E-state index in [1.54, 1.807) is 30.3 Å². The van der Waals surface area contributed by atoms with E-state index in [4.69, 9.17) is 13.6 Å². The number of benzene rings is 2. The molecule has 0 bridgehead atoms. The first-order valence-corrected chi connectivity index (χ1v) is 8.64. The summed E-state index contributed by atoms with van der Waals surface area (Å²) in [5.41, 5.74) is 1.10. The Bertz CT molecular complexity index is 1120. The van der Waals surface area contributed by atoms with Crippen molar-refractivity contribution >= 4 is 11.9 Å². The van der Waals surface area contributed by atoms with Gasteiger partial charge in [0.2, 0.25) is 0 Å². The Kier molecular flexibility index (Phi) is 4.63. The third kappa shape index (κ3) is 3.78. The number of amides is 1. The van der Waals surface area contributed by atoms with Crippen molar-refractivity contribution in [3.63, 3.8) is 0 Å². The highest BCUT2D eigenvalue weighted by Gasteiger charge is 2.17. The summed E-state index contributed by atoms with van der Waals surface area (Å²) in [6.45, 7) is 3.64. The van der Waals surface area contributed by atoms with Crippen LogP contribution in [0.15, 0.2) is 69.5 Å². The molecule has 0 aliphatic carbocycles. The van der Waals surface area contributed by atoms with Gasteiger partial charge in [0.05, 0.1) is 5.56 Å². The molecule has 4 aromatic rings. The summed E-state index contributed by atoms with van der Waals surface area (Å²) in [7, 11) is 0. The Hall–Kier alpha value is -3.87. The van der Waals surface area contributed by atoms with Crippen molar-refractivity contribution in [2.24, 2.45) is 0 Å². The van der Waals surface area contributed by atoms with Crippen molar-refractivity contribution in [3.05, 3.63) is 77.7 Å². The van der Waals surface area contributed by atoms with Gasteiger partial charge in [0.1, 0.15) is 23.0 Å². The molecule has 2 aromatic heterocycles. The van der Waals surface area contributed by atoms with Gasteiger partial charge in [-0.15, -0.1) is 5.10 Å². The molecule has 28 heavy (non-hydrogen) atoms. The molecular formula is C21H17N3O4. The van der Waals surface area contributed by atoms with Crippen molar-refractivity contribution in [2.75, 3.05) is 5.32 Å². The summed E-state index contributed by atoms with van der Waals surface area (Å²) in [4.78, 5) is 12.5. The number of nitrogens with one attached hydrogen (secondary N) is 1. The fraction of sp³-hybridized carbons (Fsp3) is 0.0952. The lowest BCUT2D eigenvalue weighted by molar-refractivity contribution is 0.102. The summed E-state index contributed by atoms with van der Waals surface area (Å²) in [6, 6.07) is 18.0. The maximum Gasteiger partial charge on any atom is 0.322 e. The van der Waals surface area contributed by atoms with E-state index in [1.807, 2.05) is 44.2 Å². The van der Waals surface area contributed by atoms with Crippen molar-refractivity contribution in [1.29, 1.82) is 0 Å². The average Bonchev–Trinajstić information content (AvgIpc) is 3.28. The SMILES string of the molecule is Cc1cc(-c2nnc(NC(=O)c3cccc(Oc4ccccc4)c3)o2)c(C)o1. The second-order valence-corrected chi connectivity index (χ2v) is 6.14. The van der Waals surface area contributed by atoms with Crippen molar-refractivity contribution in [2.45, 2.75) is 13.8 Å². The molecule has 0 fully saturated rings. The van der Waals surface area contributed by atoms with Gasteiger partial charge in [-0.25, -0.2) is 0 Å². The van der Waals surface area contributed by atoms with Crippen LogP contribution < -0.4 is 10.1 Å². The van der Waals surface area contributed by atoms with Crippen LogP contribution in [0.4, 0.5) is 6.01 Å². The molecule has 140 valence electrons. The average molecular weight is 375 g/mol. The van der Waals surface area contributed by atoms with Crippen LogP contribution in [0.2, 0.25) is 0 Å². The zero-order valence-electron chi connectivity index (χ0n) is 15.3. The highest BCUT2D eigenvalue weighted by atomic mass is 16.5. The smallest absolute Gasteiger partial charge is 0.322 e. The number of aryl methyl sites for hydroxylation is 2. The van der Waals surface area contributed by atoms with Gasteiger partial charge >= 0.3 is 6.01 Å². The Balaban J connectivity index is 1.48. The second-order valence-electron chi connectivity index (χ2n) is 6.14. The molecule has 0 spiro atoms. The first-order valence-electron chi connectivity index (χ1n) is 8.64. The predicted molar refractivity (Wildman–Crippen MR) is 102 cm³/mol. The van der Waals surface area contributed by atoms with Crippen LogP contribution in [0.1, 0.15) is 21.9 Å². The van der Waals surface area contributed by atoms with E-state index < -0.39 is 0 Å². The highest BCUT2D eigenvalue weighted by molar-refractivity contribution is 6.03. The molecular weight excluding hydrogens is 358 g/mol. The number of ether oxygens (including phenoxy) is 1. The third-order valence-electron chi connectivity index (χ3n) is 3.99. The molecule has 2 aromatic carbocycles. The van der Waals surface area contributed by atoms with Crippen molar-refractivity contribution < 1.29 is 18.4 Å². The number of para-hydroxylation sites is 1. The number of carbonyl (C=O) groups excluding carboxylic acids is 1. The van der Waals surface area contributed by atoms with Gasteiger partial charge in [-0.05, 0) is 50.2 Å². The minimum absolute atomic E-state index is 0.00707. The Morgan fingerprint density at radius 3 is 2.46 bits per heavy atom. The number of aromatic nitrogens is 2. The summed E-state index contributed by atoms with van der Waals surface area (Å²) in [6.07, 6.45) is 0. The molecule has 0 aliphatic heterocycles. The molecule has 0 aliphatic rings. The van der Waals surface area contributed by atoms with E-state index >= 15 is 0 Å². The zero-order valence-corrected chi connectivity index (χ0v) is 15.3. The number of hydrogen-bond acceptors (Lipinski definition) is 6. The predicted octanol–water partition coefficient (Wildman–Crippen LogP) is 4.99. The minimum atomic E-state index is -0.381. The maximum atomic E-state index is 12.5. The standard InChI is InChI=1S/C21H17N3O4/c1-13-11-18(14(2)26-13)20-23-24-21(28-20)22-19(25)15-7-6-10-17(12-15)27-16-8-4-3-5-9-16/h3-12H,1-2H3,(H,22,24,25). The van der Waals surface area contributed by atoms with Gasteiger partial charge < -0.3 is 13.6 Å². The largest absolute Gasteiger partial charge is 0.466 e. The number of rotatable bonds is 5. The number of hydrogen-bond donors (Lipinski definition) is 1. The summed E-state index contributed by atoms with van der Waals surface area (Å²) < 4.78 is 16.8. The van der Waals surface area contributed by atoms with Gasteiger partial charge in [-0.3, -0.25) is 10.1 Å². The number of nitrogens with zero attached hydrogens (tertiary/aromatic N) is 2. The zero-order chi connectivity index (χ0) is 19.5. The lowest BCUT2D eigenvalue weighted by Gasteiger charge is -2.07. The van der Waals surface area contributed by atoms with Crippen LogP contribution in [0.25, 0.3) is 11.5 Å². The van der Waals surface area contributed by atoms with Crippen LogP contribution in [-0.4, -0.2) is 16.1 Å². The van der Waals surface area contributed by atoms with E-state index in [0.717, 1.165) is 5.76 Å². The molecule has 7 nitrogen and oxygen atoms in total. The van der Waals surface area contributed by atoms with Crippen molar-refractivity contribution in [1.82, 2.24) is 10.2 Å². The Morgan fingerprint density at radius 2 is 1.71 bits per heavy atom. The topological polar surface area (TPSA) is 90.4 Å². The number of anilines is 1. The van der Waals surface area contributed by atoms with Crippen molar-refractivity contribution in [3.8, 4) is 23.0 Å². The maximum absolute atomic E-state index is 12.5. The van der Waals surface area contributed by atoms with E-state index in [9.17, 15) is 4.79 Å². The molecule has 1 amide bonds. The van der Waals surface area contributed by atoms with E-state index in [0.29, 0.717) is 28.4 Å². The fourth-order valence-corrected chi connectivity index (χ4v) is 2.72. The normalized spacial score (nSPS) is 10.6. The molecule has 7 heteroatoms. The molecule has 4 rings (SSSR count). The molecule has 2 heterocycles. The molecule has 0 radical (unpaired) electrons. The molecule has 0 saturated carbocycles. The van der Waals surface area contributed by atoms with E-state index in [-0.39, 0.29) is 17.8 Å². The van der Waals surface area contributed by atoms with Gasteiger partial charge in [0.25, 0.3) is 11.8 Å². The molecule has 1 N–H and O–H groups in total. The fourth-order valence-electron chi connectivity index (χ4n) is 2.72. The summed E-state index contributed by atoms with van der Waals surface area (Å²) >= 11 is 0. The van der Waals surface area contributed by atoms with E-state index in [2.05, 4.69) is 15.5 Å². The molecule has 0 saturated heterocycles. The number of carbonyl (C=O) groups is 1. The quantitative estimate of drug-likeness (QED) is 0.528. The lowest BCUT2D eigenvalue weighted by atomic mass is 10.2.